The van der Waals surface area contributed by atoms with E-state index in [2.05, 4.69) is 5.32 Å². The number of carbonyl (C=O) groups excluding carboxylic acids is 1. The Hall–Kier alpha value is -1.26. The van der Waals surface area contributed by atoms with E-state index in [9.17, 15) is 4.79 Å². The Kier molecular flexibility index (Phi) is 5.26. The Labute approximate surface area is 124 Å². The number of carbonyl (C=O) groups is 1. The lowest BCUT2D eigenvalue weighted by Gasteiger charge is -2.25. The van der Waals surface area contributed by atoms with Gasteiger partial charge >= 0.3 is 6.03 Å². The average molecular weight is 297 g/mol. The van der Waals surface area contributed by atoms with E-state index >= 15 is 0 Å². The summed E-state index contributed by atoms with van der Waals surface area (Å²) in [7, 11) is 0. The summed E-state index contributed by atoms with van der Waals surface area (Å²) >= 11 is 5.91. The predicted octanol–water partition coefficient (Wildman–Crippen LogP) is 2.81. The van der Waals surface area contributed by atoms with Crippen LogP contribution in [0.5, 0.6) is 0 Å². The minimum atomic E-state index is -0.117. The molecule has 1 atom stereocenters. The van der Waals surface area contributed by atoms with Crippen LogP contribution in [-0.2, 0) is 0 Å². The lowest BCUT2D eigenvalue weighted by atomic mass is 10.0. The first kappa shape index (κ1) is 15.1. The van der Waals surface area contributed by atoms with E-state index in [1.165, 1.54) is 0 Å². The fraction of sp³-hybridized carbons (Fsp3) is 0.533. The van der Waals surface area contributed by atoms with Crippen molar-refractivity contribution < 1.29 is 9.90 Å². The van der Waals surface area contributed by atoms with Crippen LogP contribution >= 0.6 is 11.6 Å². The molecule has 110 valence electrons. The Bertz CT molecular complexity index is 446. The first-order chi connectivity index (χ1) is 9.65. The minimum Gasteiger partial charge on any atom is -0.395 e. The number of benzene rings is 1. The molecule has 0 bridgehead atoms. The largest absolute Gasteiger partial charge is 0.395 e. The van der Waals surface area contributed by atoms with Crippen molar-refractivity contribution in [2.24, 2.45) is 5.92 Å². The Morgan fingerprint density at radius 2 is 2.10 bits per heavy atom. The number of urea groups is 1. The van der Waals surface area contributed by atoms with Crippen LogP contribution in [0, 0.1) is 5.92 Å². The van der Waals surface area contributed by atoms with Gasteiger partial charge in [-0.05, 0) is 43.4 Å². The number of hydrogen-bond acceptors (Lipinski definition) is 2. The molecule has 1 aromatic carbocycles. The van der Waals surface area contributed by atoms with Gasteiger partial charge in [-0.3, -0.25) is 0 Å². The van der Waals surface area contributed by atoms with Gasteiger partial charge in [-0.25, -0.2) is 4.79 Å². The van der Waals surface area contributed by atoms with Crippen LogP contribution in [0.3, 0.4) is 0 Å². The van der Waals surface area contributed by atoms with E-state index in [-0.39, 0.29) is 18.7 Å². The third-order valence-electron chi connectivity index (χ3n) is 3.64. The molecule has 0 heterocycles. The van der Waals surface area contributed by atoms with Crippen molar-refractivity contribution in [1.29, 1.82) is 0 Å². The first-order valence-corrected chi connectivity index (χ1v) is 7.45. The molecule has 2 rings (SSSR count). The number of hydrogen-bond donors (Lipinski definition) is 2. The van der Waals surface area contributed by atoms with Crippen molar-refractivity contribution in [3.63, 3.8) is 0 Å². The van der Waals surface area contributed by atoms with Crippen LogP contribution in [0.4, 0.5) is 4.79 Å². The molecule has 1 fully saturated rings. The summed E-state index contributed by atoms with van der Waals surface area (Å²) in [6.07, 6.45) is 2.28. The van der Waals surface area contributed by atoms with E-state index in [1.807, 2.05) is 31.2 Å². The molecule has 0 saturated heterocycles. The molecule has 4 nitrogen and oxygen atoms in total. The third kappa shape index (κ3) is 3.87. The Balaban J connectivity index is 2.06. The minimum absolute atomic E-state index is 0.0176. The van der Waals surface area contributed by atoms with Crippen LogP contribution in [0.15, 0.2) is 24.3 Å². The van der Waals surface area contributed by atoms with Gasteiger partial charge in [0.25, 0.3) is 0 Å². The monoisotopic (exact) mass is 296 g/mol. The second kappa shape index (κ2) is 6.95. The van der Waals surface area contributed by atoms with E-state index in [4.69, 9.17) is 16.7 Å². The highest BCUT2D eigenvalue weighted by atomic mass is 35.5. The van der Waals surface area contributed by atoms with E-state index in [0.29, 0.717) is 24.0 Å². The predicted molar refractivity (Wildman–Crippen MR) is 79.8 cm³/mol. The summed E-state index contributed by atoms with van der Waals surface area (Å²) in [5, 5.41) is 12.8. The zero-order valence-electron chi connectivity index (χ0n) is 11.7. The van der Waals surface area contributed by atoms with Crippen LogP contribution in [0.1, 0.15) is 31.4 Å². The number of nitrogens with one attached hydrogen (secondary N) is 1. The molecular weight excluding hydrogens is 276 g/mol. The highest BCUT2D eigenvalue weighted by Gasteiger charge is 2.34. The van der Waals surface area contributed by atoms with Crippen LogP contribution < -0.4 is 5.32 Å². The molecule has 0 aliphatic heterocycles. The maximum Gasteiger partial charge on any atom is 0.317 e. The lowest BCUT2D eigenvalue weighted by molar-refractivity contribution is 0.176. The molecule has 5 heteroatoms. The maximum atomic E-state index is 12.2. The second-order valence-corrected chi connectivity index (χ2v) is 5.56. The normalized spacial score (nSPS) is 15.8. The summed E-state index contributed by atoms with van der Waals surface area (Å²) in [6.45, 7) is 2.84. The number of amides is 2. The molecule has 20 heavy (non-hydrogen) atoms. The van der Waals surface area contributed by atoms with Gasteiger partial charge in [-0.1, -0.05) is 23.7 Å². The third-order valence-corrected chi connectivity index (χ3v) is 3.89. The highest BCUT2D eigenvalue weighted by molar-refractivity contribution is 6.30. The summed E-state index contributed by atoms with van der Waals surface area (Å²) in [5.41, 5.74) is 1.09. The summed E-state index contributed by atoms with van der Waals surface area (Å²) in [5.74, 6) is 0.507. The van der Waals surface area contributed by atoms with E-state index in [0.717, 1.165) is 18.4 Å². The summed E-state index contributed by atoms with van der Waals surface area (Å²) in [6, 6.07) is 7.55. The van der Waals surface area contributed by atoms with Crippen molar-refractivity contribution in [2.75, 3.05) is 19.7 Å². The van der Waals surface area contributed by atoms with Crippen molar-refractivity contribution in [3.8, 4) is 0 Å². The highest BCUT2D eigenvalue weighted by Crippen LogP contribution is 2.41. The van der Waals surface area contributed by atoms with Crippen molar-refractivity contribution in [3.05, 3.63) is 34.9 Å². The second-order valence-electron chi connectivity index (χ2n) is 5.12. The maximum absolute atomic E-state index is 12.2. The Morgan fingerprint density at radius 1 is 1.45 bits per heavy atom. The molecule has 1 aromatic rings. The fourth-order valence-corrected chi connectivity index (χ4v) is 2.45. The number of aliphatic hydroxyl groups excluding tert-OH is 1. The van der Waals surface area contributed by atoms with Gasteiger partial charge in [0.15, 0.2) is 0 Å². The average Bonchev–Trinajstić information content (AvgIpc) is 3.27. The van der Waals surface area contributed by atoms with Gasteiger partial charge in [-0.2, -0.15) is 0 Å². The zero-order valence-corrected chi connectivity index (χ0v) is 12.4. The zero-order chi connectivity index (χ0) is 14.5. The van der Waals surface area contributed by atoms with Gasteiger partial charge in [0.2, 0.25) is 0 Å². The van der Waals surface area contributed by atoms with Gasteiger partial charge in [0.05, 0.1) is 12.6 Å². The molecular formula is C15H21ClN2O2. The molecule has 0 aromatic heterocycles. The molecule has 1 aliphatic carbocycles. The summed E-state index contributed by atoms with van der Waals surface area (Å²) < 4.78 is 0. The molecule has 0 spiro atoms. The van der Waals surface area contributed by atoms with Crippen LogP contribution in [0.2, 0.25) is 5.02 Å². The lowest BCUT2D eigenvalue weighted by Crippen LogP contribution is -2.43. The van der Waals surface area contributed by atoms with Gasteiger partial charge in [0, 0.05) is 18.1 Å². The van der Waals surface area contributed by atoms with Gasteiger partial charge in [0.1, 0.15) is 0 Å². The molecule has 2 amide bonds. The van der Waals surface area contributed by atoms with Crippen molar-refractivity contribution >= 4 is 17.6 Å². The first-order valence-electron chi connectivity index (χ1n) is 7.07. The van der Waals surface area contributed by atoms with Gasteiger partial charge in [-0.15, -0.1) is 0 Å². The molecule has 1 saturated carbocycles. The fourth-order valence-electron chi connectivity index (χ4n) is 2.32. The number of likely N-dealkylation sites (N-methyl/N-ethyl adjacent to an activating group) is 1. The molecule has 0 radical (unpaired) electrons. The Morgan fingerprint density at radius 3 is 2.60 bits per heavy atom. The summed E-state index contributed by atoms with van der Waals surface area (Å²) in [4.78, 5) is 13.8. The van der Waals surface area contributed by atoms with Crippen molar-refractivity contribution in [1.82, 2.24) is 10.2 Å². The topological polar surface area (TPSA) is 52.6 Å². The number of aliphatic hydroxyl groups is 1. The number of nitrogens with zero attached hydrogens (tertiary/aromatic N) is 1. The quantitative estimate of drug-likeness (QED) is 0.848. The smallest absolute Gasteiger partial charge is 0.317 e. The molecule has 1 aliphatic rings. The van der Waals surface area contributed by atoms with Crippen LogP contribution in [-0.4, -0.2) is 35.7 Å². The van der Waals surface area contributed by atoms with E-state index < -0.39 is 0 Å². The number of rotatable bonds is 6. The van der Waals surface area contributed by atoms with Crippen LogP contribution in [0.25, 0.3) is 0 Å². The molecule has 1 unspecified atom stereocenters. The number of halogens is 1. The van der Waals surface area contributed by atoms with Gasteiger partial charge < -0.3 is 15.3 Å². The standard InChI is InChI=1S/C15H21ClN2O2/c1-2-18(9-10-19)15(20)17-14(11-3-4-11)12-5-7-13(16)8-6-12/h5-8,11,14,19H,2-4,9-10H2,1H3,(H,17,20). The molecule has 2 N–H and O–H groups in total. The van der Waals surface area contributed by atoms with E-state index in [1.54, 1.807) is 4.90 Å². The SMILES string of the molecule is CCN(CCO)C(=O)NC(c1ccc(Cl)cc1)C1CC1. The van der Waals surface area contributed by atoms with Crippen molar-refractivity contribution in [2.45, 2.75) is 25.8 Å².